The van der Waals surface area contributed by atoms with Gasteiger partial charge in [-0.15, -0.1) is 0 Å². The summed E-state index contributed by atoms with van der Waals surface area (Å²) in [7, 11) is 1.86. The van der Waals surface area contributed by atoms with Crippen molar-refractivity contribution in [3.63, 3.8) is 0 Å². The molecule has 0 radical (unpaired) electrons. The summed E-state index contributed by atoms with van der Waals surface area (Å²) in [5.74, 6) is -0.102. The second kappa shape index (κ2) is 5.83. The summed E-state index contributed by atoms with van der Waals surface area (Å²) in [6.07, 6.45) is 3.92. The molecule has 1 saturated heterocycles. The Morgan fingerprint density at radius 1 is 1.32 bits per heavy atom. The number of carbonyl (C=O) groups is 2. The Morgan fingerprint density at radius 3 is 2.76 bits per heavy atom. The van der Waals surface area contributed by atoms with E-state index in [9.17, 15) is 9.59 Å². The largest absolute Gasteiger partial charge is 0.369 e. The number of fused-ring (bicyclic) bond motifs is 1. The van der Waals surface area contributed by atoms with Crippen molar-refractivity contribution >= 4 is 11.8 Å². The van der Waals surface area contributed by atoms with E-state index in [1.165, 1.54) is 0 Å². The summed E-state index contributed by atoms with van der Waals surface area (Å²) in [4.78, 5) is 27.8. The highest BCUT2D eigenvalue weighted by atomic mass is 16.5. The third-order valence-corrected chi connectivity index (χ3v) is 5.92. The van der Waals surface area contributed by atoms with Crippen LogP contribution in [0.3, 0.4) is 0 Å². The molecule has 1 N–H and O–H groups in total. The number of ether oxygens (including phenoxy) is 1. The number of nitrogens with one attached hydrogen (secondary N) is 1. The fraction of sp³-hybridized carbons (Fsp3) is 0.722. The number of amides is 2. The van der Waals surface area contributed by atoms with Gasteiger partial charge in [0.1, 0.15) is 5.54 Å². The molecule has 1 aromatic rings. The monoisotopic (exact) mass is 346 g/mol. The number of hydrogen-bond acceptors (Lipinski definition) is 4. The zero-order valence-electron chi connectivity index (χ0n) is 15.2. The fourth-order valence-corrected chi connectivity index (χ4v) is 4.58. The van der Waals surface area contributed by atoms with Gasteiger partial charge >= 0.3 is 0 Å². The van der Waals surface area contributed by atoms with Crippen LogP contribution in [0.4, 0.5) is 0 Å². The standard InChI is InChI=1S/C18H26N4O3/c1-11-10-13-14(20-21(3)15(13)12(2)25-11)16(23)22-9-5-8-19-17(24)18(22)6-4-7-18/h11-12H,4-10H2,1-3H3,(H,19,24)/t11-,12+/m1/s1. The van der Waals surface area contributed by atoms with Gasteiger partial charge < -0.3 is 15.0 Å². The highest BCUT2D eigenvalue weighted by Gasteiger charge is 2.52. The maximum absolute atomic E-state index is 13.4. The van der Waals surface area contributed by atoms with E-state index in [1.807, 2.05) is 20.9 Å². The number of nitrogens with zero attached hydrogens (tertiary/aromatic N) is 3. The first-order chi connectivity index (χ1) is 11.9. The van der Waals surface area contributed by atoms with Gasteiger partial charge in [0.2, 0.25) is 5.91 Å². The SMILES string of the molecule is C[C@@H]1Cc2c(C(=O)N3CCCNC(=O)C34CCC4)nn(C)c2[C@H](C)O1. The molecule has 7 nitrogen and oxygen atoms in total. The number of aromatic nitrogens is 2. The van der Waals surface area contributed by atoms with Crippen LogP contribution in [-0.2, 0) is 23.0 Å². The zero-order valence-corrected chi connectivity index (χ0v) is 15.2. The van der Waals surface area contributed by atoms with Gasteiger partial charge in [-0.3, -0.25) is 14.3 Å². The van der Waals surface area contributed by atoms with E-state index >= 15 is 0 Å². The molecule has 2 amide bonds. The second-order valence-corrected chi connectivity index (χ2v) is 7.58. The van der Waals surface area contributed by atoms with Gasteiger partial charge in [-0.2, -0.15) is 5.10 Å². The first-order valence-electron chi connectivity index (χ1n) is 9.25. The van der Waals surface area contributed by atoms with Gasteiger partial charge in [0.15, 0.2) is 5.69 Å². The highest BCUT2D eigenvalue weighted by Crippen LogP contribution is 2.41. The van der Waals surface area contributed by atoms with Crippen LogP contribution in [0.1, 0.15) is 67.4 Å². The van der Waals surface area contributed by atoms with Gasteiger partial charge in [0.25, 0.3) is 5.91 Å². The molecule has 136 valence electrons. The minimum absolute atomic E-state index is 0.000492. The highest BCUT2D eigenvalue weighted by molar-refractivity contribution is 6.00. The topological polar surface area (TPSA) is 76.5 Å². The van der Waals surface area contributed by atoms with E-state index in [4.69, 9.17) is 4.74 Å². The first kappa shape index (κ1) is 16.6. The van der Waals surface area contributed by atoms with Crippen LogP contribution in [0.25, 0.3) is 0 Å². The van der Waals surface area contributed by atoms with Crippen molar-refractivity contribution in [2.45, 2.75) is 63.7 Å². The maximum atomic E-state index is 13.4. The molecule has 25 heavy (non-hydrogen) atoms. The maximum Gasteiger partial charge on any atom is 0.275 e. The molecule has 1 spiro atoms. The predicted octanol–water partition coefficient (Wildman–Crippen LogP) is 1.33. The smallest absolute Gasteiger partial charge is 0.275 e. The molecule has 0 bridgehead atoms. The normalized spacial score (nSPS) is 28.1. The van der Waals surface area contributed by atoms with E-state index in [0.29, 0.717) is 25.2 Å². The molecule has 2 atom stereocenters. The Balaban J connectivity index is 1.74. The third-order valence-electron chi connectivity index (χ3n) is 5.92. The Bertz CT molecular complexity index is 722. The summed E-state index contributed by atoms with van der Waals surface area (Å²) < 4.78 is 7.66. The Hall–Kier alpha value is -1.89. The molecule has 4 rings (SSSR count). The number of carbonyl (C=O) groups excluding carboxylic acids is 2. The summed E-state index contributed by atoms with van der Waals surface area (Å²) in [6, 6.07) is 0. The van der Waals surface area contributed by atoms with Crippen molar-refractivity contribution in [3.8, 4) is 0 Å². The first-order valence-corrected chi connectivity index (χ1v) is 9.25. The molecule has 1 saturated carbocycles. The van der Waals surface area contributed by atoms with Crippen molar-refractivity contribution in [3.05, 3.63) is 17.0 Å². The second-order valence-electron chi connectivity index (χ2n) is 7.58. The lowest BCUT2D eigenvalue weighted by Crippen LogP contribution is -2.63. The molecule has 1 aliphatic carbocycles. The van der Waals surface area contributed by atoms with Gasteiger partial charge in [0.05, 0.1) is 17.9 Å². The molecule has 2 aliphatic heterocycles. The summed E-state index contributed by atoms with van der Waals surface area (Å²) in [6.45, 7) is 5.25. The van der Waals surface area contributed by atoms with Crippen LogP contribution in [-0.4, -0.2) is 51.2 Å². The lowest BCUT2D eigenvalue weighted by Gasteiger charge is -2.47. The molecule has 3 heterocycles. The Kier molecular flexibility index (Phi) is 3.86. The van der Waals surface area contributed by atoms with Gasteiger partial charge in [-0.05, 0) is 39.5 Å². The Labute approximate surface area is 147 Å². The fourth-order valence-electron chi connectivity index (χ4n) is 4.58. The van der Waals surface area contributed by atoms with Crippen molar-refractivity contribution in [2.75, 3.05) is 13.1 Å². The number of aryl methyl sites for hydroxylation is 1. The van der Waals surface area contributed by atoms with Crippen LogP contribution in [0, 0.1) is 0 Å². The predicted molar refractivity (Wildman–Crippen MR) is 91.1 cm³/mol. The van der Waals surface area contributed by atoms with Crippen LogP contribution in [0.15, 0.2) is 0 Å². The van der Waals surface area contributed by atoms with Crippen molar-refractivity contribution in [2.24, 2.45) is 7.05 Å². The van der Waals surface area contributed by atoms with E-state index in [-0.39, 0.29) is 24.0 Å². The van der Waals surface area contributed by atoms with E-state index in [2.05, 4.69) is 10.4 Å². The average molecular weight is 346 g/mol. The third kappa shape index (κ3) is 2.39. The van der Waals surface area contributed by atoms with Crippen LogP contribution < -0.4 is 5.32 Å². The average Bonchev–Trinajstić information content (AvgIpc) is 2.73. The molecular weight excluding hydrogens is 320 g/mol. The van der Waals surface area contributed by atoms with Crippen LogP contribution >= 0.6 is 0 Å². The van der Waals surface area contributed by atoms with Gasteiger partial charge in [-0.1, -0.05) is 0 Å². The summed E-state index contributed by atoms with van der Waals surface area (Å²) in [5.41, 5.74) is 1.79. The summed E-state index contributed by atoms with van der Waals surface area (Å²) in [5, 5.41) is 7.52. The van der Waals surface area contributed by atoms with Crippen molar-refractivity contribution in [1.82, 2.24) is 20.0 Å². The minimum Gasteiger partial charge on any atom is -0.369 e. The molecule has 7 heteroatoms. The molecule has 0 unspecified atom stereocenters. The van der Waals surface area contributed by atoms with E-state index < -0.39 is 5.54 Å². The molecule has 1 aromatic heterocycles. The quantitative estimate of drug-likeness (QED) is 0.832. The molecule has 2 fully saturated rings. The zero-order chi connectivity index (χ0) is 17.8. The van der Waals surface area contributed by atoms with Gasteiger partial charge in [0, 0.05) is 32.1 Å². The van der Waals surface area contributed by atoms with Crippen molar-refractivity contribution < 1.29 is 14.3 Å². The van der Waals surface area contributed by atoms with Gasteiger partial charge in [-0.25, -0.2) is 0 Å². The van der Waals surface area contributed by atoms with E-state index in [1.54, 1.807) is 9.58 Å². The lowest BCUT2D eigenvalue weighted by atomic mass is 9.74. The Morgan fingerprint density at radius 2 is 2.08 bits per heavy atom. The summed E-state index contributed by atoms with van der Waals surface area (Å²) >= 11 is 0. The number of hydrogen-bond donors (Lipinski definition) is 1. The molecule has 3 aliphatic rings. The molecular formula is C18H26N4O3. The molecule has 0 aromatic carbocycles. The van der Waals surface area contributed by atoms with E-state index in [0.717, 1.165) is 36.9 Å². The lowest BCUT2D eigenvalue weighted by molar-refractivity contribution is -0.136. The number of rotatable bonds is 1. The van der Waals surface area contributed by atoms with Crippen LogP contribution in [0.5, 0.6) is 0 Å². The van der Waals surface area contributed by atoms with Crippen molar-refractivity contribution in [1.29, 1.82) is 0 Å². The van der Waals surface area contributed by atoms with Crippen LogP contribution in [0.2, 0.25) is 0 Å². The minimum atomic E-state index is -0.666.